The van der Waals surface area contributed by atoms with Crippen LogP contribution in [0.5, 0.6) is 0 Å². The molecule has 1 aliphatic carbocycles. The predicted molar refractivity (Wildman–Crippen MR) is 77.4 cm³/mol. The third kappa shape index (κ3) is 2.81. The number of anilines is 1. The first kappa shape index (κ1) is 12.7. The minimum atomic E-state index is -0.00630. The standard InChI is InChI=1S/C16H22N2O/c19-16(15-9-3-4-11-17-15)18-14-10-5-7-12-6-1-2-8-13(12)14/h5,7,10,15,17H,1-4,6,8-9,11H2,(H,18,19). The van der Waals surface area contributed by atoms with Crippen LogP contribution in [0.15, 0.2) is 18.2 Å². The van der Waals surface area contributed by atoms with Gasteiger partial charge in [0.05, 0.1) is 6.04 Å². The van der Waals surface area contributed by atoms with Crippen molar-refractivity contribution in [2.24, 2.45) is 0 Å². The lowest BCUT2D eigenvalue weighted by molar-refractivity contribution is -0.118. The molecule has 1 aromatic rings. The Morgan fingerprint density at radius 3 is 2.89 bits per heavy atom. The zero-order valence-corrected chi connectivity index (χ0v) is 11.4. The van der Waals surface area contributed by atoms with Crippen LogP contribution in [0, 0.1) is 0 Å². The number of amides is 1. The monoisotopic (exact) mass is 258 g/mol. The van der Waals surface area contributed by atoms with Gasteiger partial charge in [0, 0.05) is 5.69 Å². The quantitative estimate of drug-likeness (QED) is 0.856. The van der Waals surface area contributed by atoms with Crippen LogP contribution in [0.1, 0.15) is 43.2 Å². The summed E-state index contributed by atoms with van der Waals surface area (Å²) in [6.45, 7) is 0.963. The van der Waals surface area contributed by atoms with Gasteiger partial charge >= 0.3 is 0 Å². The van der Waals surface area contributed by atoms with E-state index in [1.807, 2.05) is 6.07 Å². The second kappa shape index (κ2) is 5.74. The zero-order valence-electron chi connectivity index (χ0n) is 11.4. The maximum Gasteiger partial charge on any atom is 0.241 e. The van der Waals surface area contributed by atoms with Crippen LogP contribution in [0.25, 0.3) is 0 Å². The van der Waals surface area contributed by atoms with E-state index in [0.717, 1.165) is 37.9 Å². The van der Waals surface area contributed by atoms with Crippen LogP contribution in [0.4, 0.5) is 5.69 Å². The number of nitrogens with one attached hydrogen (secondary N) is 2. The van der Waals surface area contributed by atoms with Gasteiger partial charge in [0.2, 0.25) is 5.91 Å². The average molecular weight is 258 g/mol. The number of piperidine rings is 1. The van der Waals surface area contributed by atoms with Crippen LogP contribution in [0.3, 0.4) is 0 Å². The zero-order chi connectivity index (χ0) is 13.1. The van der Waals surface area contributed by atoms with E-state index >= 15 is 0 Å². The second-order valence-electron chi connectivity index (χ2n) is 5.64. The molecule has 0 saturated carbocycles. The van der Waals surface area contributed by atoms with Crippen LogP contribution in [-0.2, 0) is 17.6 Å². The van der Waals surface area contributed by atoms with E-state index in [0.29, 0.717) is 0 Å². The van der Waals surface area contributed by atoms with Gasteiger partial charge in [-0.3, -0.25) is 4.79 Å². The maximum absolute atomic E-state index is 12.3. The summed E-state index contributed by atoms with van der Waals surface area (Å²) in [6, 6.07) is 6.30. The minimum absolute atomic E-state index is 0.00630. The average Bonchev–Trinajstić information content (AvgIpc) is 2.48. The predicted octanol–water partition coefficient (Wildman–Crippen LogP) is 2.65. The largest absolute Gasteiger partial charge is 0.324 e. The van der Waals surface area contributed by atoms with Gasteiger partial charge in [-0.1, -0.05) is 18.6 Å². The van der Waals surface area contributed by atoms with Crippen molar-refractivity contribution in [1.82, 2.24) is 5.32 Å². The van der Waals surface area contributed by atoms with Gasteiger partial charge in [0.25, 0.3) is 0 Å². The Morgan fingerprint density at radius 1 is 1.16 bits per heavy atom. The third-order valence-corrected chi connectivity index (χ3v) is 4.28. The lowest BCUT2D eigenvalue weighted by Gasteiger charge is -2.24. The van der Waals surface area contributed by atoms with Crippen molar-refractivity contribution in [3.63, 3.8) is 0 Å². The summed E-state index contributed by atoms with van der Waals surface area (Å²) in [5.74, 6) is 0.138. The summed E-state index contributed by atoms with van der Waals surface area (Å²) in [6.07, 6.45) is 8.06. The molecule has 3 heteroatoms. The fraction of sp³-hybridized carbons (Fsp3) is 0.562. The molecule has 1 unspecified atom stereocenters. The molecular weight excluding hydrogens is 236 g/mol. The molecule has 19 heavy (non-hydrogen) atoms. The molecule has 1 heterocycles. The molecule has 0 spiro atoms. The highest BCUT2D eigenvalue weighted by atomic mass is 16.2. The number of carbonyl (C=O) groups excluding carboxylic acids is 1. The molecule has 1 atom stereocenters. The van der Waals surface area contributed by atoms with Gasteiger partial charge < -0.3 is 10.6 Å². The number of aryl methyl sites for hydroxylation is 1. The molecule has 2 aliphatic rings. The molecule has 3 rings (SSSR count). The van der Waals surface area contributed by atoms with Crippen LogP contribution in [0.2, 0.25) is 0 Å². The first-order valence-electron chi connectivity index (χ1n) is 7.49. The SMILES string of the molecule is O=C(Nc1cccc2c1CCCC2)C1CCCCN1. The Balaban J connectivity index is 1.74. The fourth-order valence-corrected chi connectivity index (χ4v) is 3.19. The topological polar surface area (TPSA) is 41.1 Å². The van der Waals surface area contributed by atoms with Crippen molar-refractivity contribution in [2.45, 2.75) is 51.0 Å². The Kier molecular flexibility index (Phi) is 3.83. The molecule has 102 valence electrons. The van der Waals surface area contributed by atoms with Crippen LogP contribution in [-0.4, -0.2) is 18.5 Å². The van der Waals surface area contributed by atoms with Crippen LogP contribution < -0.4 is 10.6 Å². The first-order valence-corrected chi connectivity index (χ1v) is 7.49. The first-order chi connectivity index (χ1) is 9.34. The molecule has 1 saturated heterocycles. The molecule has 0 radical (unpaired) electrons. The van der Waals surface area contributed by atoms with E-state index in [1.54, 1.807) is 0 Å². The summed E-state index contributed by atoms with van der Waals surface area (Å²) in [5.41, 5.74) is 3.81. The van der Waals surface area contributed by atoms with Crippen molar-refractivity contribution in [3.8, 4) is 0 Å². The summed E-state index contributed by atoms with van der Waals surface area (Å²) < 4.78 is 0. The van der Waals surface area contributed by atoms with Gasteiger partial charge in [-0.15, -0.1) is 0 Å². The fourth-order valence-electron chi connectivity index (χ4n) is 3.19. The molecule has 3 nitrogen and oxygen atoms in total. The Labute approximate surface area is 114 Å². The number of hydrogen-bond acceptors (Lipinski definition) is 2. The summed E-state index contributed by atoms with van der Waals surface area (Å²) in [5, 5.41) is 6.45. The molecule has 1 fully saturated rings. The van der Waals surface area contributed by atoms with E-state index in [9.17, 15) is 4.79 Å². The number of fused-ring (bicyclic) bond motifs is 1. The Morgan fingerprint density at radius 2 is 2.05 bits per heavy atom. The molecule has 1 aliphatic heterocycles. The normalized spacial score (nSPS) is 22.6. The van der Waals surface area contributed by atoms with E-state index in [2.05, 4.69) is 22.8 Å². The third-order valence-electron chi connectivity index (χ3n) is 4.28. The van der Waals surface area contributed by atoms with Gasteiger partial charge in [-0.25, -0.2) is 0 Å². The van der Waals surface area contributed by atoms with Gasteiger partial charge in [-0.05, 0) is 62.3 Å². The van der Waals surface area contributed by atoms with Gasteiger partial charge in [0.1, 0.15) is 0 Å². The highest BCUT2D eigenvalue weighted by Crippen LogP contribution is 2.28. The molecule has 1 aromatic carbocycles. The number of hydrogen-bond donors (Lipinski definition) is 2. The summed E-state index contributed by atoms with van der Waals surface area (Å²) >= 11 is 0. The summed E-state index contributed by atoms with van der Waals surface area (Å²) in [4.78, 5) is 12.3. The lowest BCUT2D eigenvalue weighted by atomic mass is 9.90. The molecule has 0 aromatic heterocycles. The van der Waals surface area contributed by atoms with Crippen molar-refractivity contribution >= 4 is 11.6 Å². The van der Waals surface area contributed by atoms with Crippen molar-refractivity contribution in [3.05, 3.63) is 29.3 Å². The van der Waals surface area contributed by atoms with Gasteiger partial charge in [-0.2, -0.15) is 0 Å². The summed E-state index contributed by atoms with van der Waals surface area (Å²) in [7, 11) is 0. The number of carbonyl (C=O) groups is 1. The van der Waals surface area contributed by atoms with E-state index in [1.165, 1.54) is 30.4 Å². The number of benzene rings is 1. The van der Waals surface area contributed by atoms with Crippen LogP contribution >= 0.6 is 0 Å². The Bertz CT molecular complexity index is 464. The van der Waals surface area contributed by atoms with Crippen molar-refractivity contribution in [2.75, 3.05) is 11.9 Å². The number of rotatable bonds is 2. The molecule has 1 amide bonds. The van der Waals surface area contributed by atoms with Crippen molar-refractivity contribution < 1.29 is 4.79 Å². The highest BCUT2D eigenvalue weighted by molar-refractivity contribution is 5.95. The van der Waals surface area contributed by atoms with E-state index in [4.69, 9.17) is 0 Å². The smallest absolute Gasteiger partial charge is 0.241 e. The Hall–Kier alpha value is -1.35. The molecular formula is C16H22N2O. The highest BCUT2D eigenvalue weighted by Gasteiger charge is 2.22. The molecule has 2 N–H and O–H groups in total. The maximum atomic E-state index is 12.3. The second-order valence-corrected chi connectivity index (χ2v) is 5.64. The van der Waals surface area contributed by atoms with E-state index in [-0.39, 0.29) is 11.9 Å². The minimum Gasteiger partial charge on any atom is -0.324 e. The van der Waals surface area contributed by atoms with Crippen molar-refractivity contribution in [1.29, 1.82) is 0 Å². The lowest BCUT2D eigenvalue weighted by Crippen LogP contribution is -2.43. The van der Waals surface area contributed by atoms with Gasteiger partial charge in [0.15, 0.2) is 0 Å². The molecule has 0 bridgehead atoms. The van der Waals surface area contributed by atoms with E-state index < -0.39 is 0 Å².